The molecule has 0 amide bonds. The van der Waals surface area contributed by atoms with Gasteiger partial charge >= 0.3 is 5.97 Å². The summed E-state index contributed by atoms with van der Waals surface area (Å²) in [5.41, 5.74) is 0. The Morgan fingerprint density at radius 2 is 2.07 bits per heavy atom. The number of methoxy groups -OCH3 is 1. The van der Waals surface area contributed by atoms with Gasteiger partial charge in [-0.25, -0.2) is 0 Å². The minimum atomic E-state index is -0.304. The number of ketones is 1. The first-order valence-corrected chi connectivity index (χ1v) is 6.09. The summed E-state index contributed by atoms with van der Waals surface area (Å²) in [5.74, 6) is 0.542. The monoisotopic (exact) mass is 218 g/mol. The fourth-order valence-electron chi connectivity index (χ4n) is 1.14. The molecular weight excluding hydrogens is 200 g/mol. The first-order chi connectivity index (χ1) is 6.61. The highest BCUT2D eigenvalue weighted by Crippen LogP contribution is 2.09. The number of rotatable bonds is 7. The van der Waals surface area contributed by atoms with Crippen LogP contribution in [0.1, 0.15) is 26.2 Å². The lowest BCUT2D eigenvalue weighted by molar-refractivity contribution is -0.146. The Labute approximate surface area is 89.6 Å². The zero-order chi connectivity index (χ0) is 11.0. The topological polar surface area (TPSA) is 43.4 Å². The van der Waals surface area contributed by atoms with E-state index in [4.69, 9.17) is 0 Å². The van der Waals surface area contributed by atoms with Gasteiger partial charge in [-0.05, 0) is 18.4 Å². The average molecular weight is 218 g/mol. The number of thioether (sulfide) groups is 1. The van der Waals surface area contributed by atoms with Crippen LogP contribution in [0.15, 0.2) is 0 Å². The van der Waals surface area contributed by atoms with Crippen LogP contribution in [-0.2, 0) is 14.3 Å². The molecule has 0 heterocycles. The second-order valence-electron chi connectivity index (χ2n) is 3.26. The third kappa shape index (κ3) is 6.02. The maximum absolute atomic E-state index is 11.3. The molecule has 0 fully saturated rings. The maximum atomic E-state index is 11.3. The van der Waals surface area contributed by atoms with E-state index in [0.717, 1.165) is 12.2 Å². The molecule has 0 aromatic carbocycles. The molecule has 1 unspecified atom stereocenters. The lowest BCUT2D eigenvalue weighted by Crippen LogP contribution is -2.16. The Morgan fingerprint density at radius 1 is 1.43 bits per heavy atom. The number of carbonyl (C=O) groups excluding carboxylic acids is 2. The van der Waals surface area contributed by atoms with Crippen molar-refractivity contribution in [3.8, 4) is 0 Å². The lowest BCUT2D eigenvalue weighted by atomic mass is 10.0. The Hall–Kier alpha value is -0.510. The molecule has 0 aromatic heterocycles. The van der Waals surface area contributed by atoms with Crippen molar-refractivity contribution in [2.75, 3.05) is 19.1 Å². The first kappa shape index (κ1) is 13.5. The predicted molar refractivity (Wildman–Crippen MR) is 58.4 cm³/mol. The van der Waals surface area contributed by atoms with Crippen molar-refractivity contribution < 1.29 is 14.3 Å². The number of Topliss-reactive ketones (excluding diaryl/α,β-unsaturated/α-hetero) is 1. The summed E-state index contributed by atoms with van der Waals surface area (Å²) in [5, 5.41) is 0. The fourth-order valence-corrected chi connectivity index (χ4v) is 1.57. The number of esters is 1. The van der Waals surface area contributed by atoms with E-state index < -0.39 is 0 Å². The summed E-state index contributed by atoms with van der Waals surface area (Å²) in [4.78, 5) is 22.3. The van der Waals surface area contributed by atoms with Crippen LogP contribution in [0.25, 0.3) is 0 Å². The number of hydrogen-bond donors (Lipinski definition) is 0. The van der Waals surface area contributed by atoms with Gasteiger partial charge in [0.1, 0.15) is 5.78 Å². The zero-order valence-corrected chi connectivity index (χ0v) is 9.86. The molecule has 0 N–H and O–H groups in total. The summed E-state index contributed by atoms with van der Waals surface area (Å²) in [6.45, 7) is 1.72. The molecule has 14 heavy (non-hydrogen) atoms. The average Bonchev–Trinajstić information content (AvgIpc) is 2.16. The third-order valence-corrected chi connectivity index (χ3v) is 2.64. The number of hydrogen-bond acceptors (Lipinski definition) is 4. The normalized spacial score (nSPS) is 12.2. The SMILES string of the molecule is COC(=O)C(C)CC(=O)CCCSC. The molecule has 4 heteroatoms. The molecule has 0 radical (unpaired) electrons. The summed E-state index contributed by atoms with van der Waals surface area (Å²) in [6, 6.07) is 0. The third-order valence-electron chi connectivity index (χ3n) is 1.94. The quantitative estimate of drug-likeness (QED) is 0.483. The van der Waals surface area contributed by atoms with E-state index in [1.165, 1.54) is 7.11 Å². The van der Waals surface area contributed by atoms with Gasteiger partial charge in [0.25, 0.3) is 0 Å². The van der Waals surface area contributed by atoms with Crippen LogP contribution < -0.4 is 0 Å². The Morgan fingerprint density at radius 3 is 2.57 bits per heavy atom. The van der Waals surface area contributed by atoms with Gasteiger partial charge in [-0.2, -0.15) is 11.8 Å². The number of carbonyl (C=O) groups is 2. The largest absolute Gasteiger partial charge is 0.469 e. The van der Waals surface area contributed by atoms with Gasteiger partial charge in [0.15, 0.2) is 0 Å². The highest BCUT2D eigenvalue weighted by molar-refractivity contribution is 7.98. The second kappa shape index (κ2) is 7.85. The van der Waals surface area contributed by atoms with E-state index in [1.807, 2.05) is 6.26 Å². The Kier molecular flexibility index (Phi) is 7.57. The van der Waals surface area contributed by atoms with Crippen molar-refractivity contribution in [1.82, 2.24) is 0 Å². The lowest BCUT2D eigenvalue weighted by Gasteiger charge is -2.07. The van der Waals surface area contributed by atoms with Crippen molar-refractivity contribution in [3.05, 3.63) is 0 Å². The van der Waals surface area contributed by atoms with E-state index in [9.17, 15) is 9.59 Å². The van der Waals surface area contributed by atoms with E-state index in [1.54, 1.807) is 18.7 Å². The summed E-state index contributed by atoms with van der Waals surface area (Å²) in [6.07, 6.45) is 3.79. The minimum absolute atomic E-state index is 0.150. The van der Waals surface area contributed by atoms with Gasteiger partial charge in [-0.1, -0.05) is 6.92 Å². The van der Waals surface area contributed by atoms with Crippen molar-refractivity contribution >= 4 is 23.5 Å². The van der Waals surface area contributed by atoms with E-state index in [-0.39, 0.29) is 17.7 Å². The molecule has 3 nitrogen and oxygen atoms in total. The van der Waals surface area contributed by atoms with Crippen molar-refractivity contribution in [1.29, 1.82) is 0 Å². The second-order valence-corrected chi connectivity index (χ2v) is 4.25. The molecule has 0 aliphatic heterocycles. The van der Waals surface area contributed by atoms with E-state index in [0.29, 0.717) is 12.8 Å². The summed E-state index contributed by atoms with van der Waals surface area (Å²) >= 11 is 1.73. The zero-order valence-electron chi connectivity index (χ0n) is 9.04. The van der Waals surface area contributed by atoms with E-state index >= 15 is 0 Å². The van der Waals surface area contributed by atoms with Crippen molar-refractivity contribution in [2.24, 2.45) is 5.92 Å². The van der Waals surface area contributed by atoms with Crippen LogP contribution in [0.3, 0.4) is 0 Å². The van der Waals surface area contributed by atoms with Gasteiger partial charge in [0, 0.05) is 12.8 Å². The van der Waals surface area contributed by atoms with Gasteiger partial charge < -0.3 is 4.74 Å². The molecule has 0 aromatic rings. The van der Waals surface area contributed by atoms with Gasteiger partial charge in [0.2, 0.25) is 0 Å². The molecule has 0 aliphatic carbocycles. The molecule has 0 spiro atoms. The standard InChI is InChI=1S/C10H18O3S/c1-8(10(12)13-2)7-9(11)5-4-6-14-3/h8H,4-7H2,1-3H3. The van der Waals surface area contributed by atoms with Gasteiger partial charge in [-0.15, -0.1) is 0 Å². The highest BCUT2D eigenvalue weighted by Gasteiger charge is 2.16. The first-order valence-electron chi connectivity index (χ1n) is 4.70. The molecule has 0 aliphatic rings. The Bertz CT molecular complexity index is 192. The van der Waals surface area contributed by atoms with E-state index in [2.05, 4.69) is 4.74 Å². The Balaban J connectivity index is 3.65. The molecule has 0 bridgehead atoms. The molecular formula is C10H18O3S. The fraction of sp³-hybridized carbons (Fsp3) is 0.800. The van der Waals surface area contributed by atoms with Crippen LogP contribution in [0, 0.1) is 5.92 Å². The molecule has 1 atom stereocenters. The highest BCUT2D eigenvalue weighted by atomic mass is 32.2. The number of ether oxygens (including phenoxy) is 1. The molecule has 0 saturated carbocycles. The van der Waals surface area contributed by atoms with Gasteiger partial charge in [0.05, 0.1) is 13.0 Å². The van der Waals surface area contributed by atoms with Crippen LogP contribution in [-0.4, -0.2) is 30.9 Å². The van der Waals surface area contributed by atoms with Crippen LogP contribution >= 0.6 is 11.8 Å². The van der Waals surface area contributed by atoms with Crippen molar-refractivity contribution in [2.45, 2.75) is 26.2 Å². The maximum Gasteiger partial charge on any atom is 0.308 e. The summed E-state index contributed by atoms with van der Waals surface area (Å²) < 4.78 is 4.54. The smallest absolute Gasteiger partial charge is 0.308 e. The van der Waals surface area contributed by atoms with Crippen LogP contribution in [0.2, 0.25) is 0 Å². The van der Waals surface area contributed by atoms with Crippen molar-refractivity contribution in [3.63, 3.8) is 0 Å². The van der Waals surface area contributed by atoms with Crippen LogP contribution in [0.4, 0.5) is 0 Å². The summed E-state index contributed by atoms with van der Waals surface area (Å²) in [7, 11) is 1.34. The molecule has 0 saturated heterocycles. The molecule has 0 rings (SSSR count). The van der Waals surface area contributed by atoms with Gasteiger partial charge in [-0.3, -0.25) is 9.59 Å². The minimum Gasteiger partial charge on any atom is -0.469 e. The van der Waals surface area contributed by atoms with Crippen LogP contribution in [0.5, 0.6) is 0 Å². The molecule has 82 valence electrons. The predicted octanol–water partition coefficient (Wildman–Crippen LogP) is 1.90.